The first kappa shape index (κ1) is 13.0. The van der Waals surface area contributed by atoms with Crippen LogP contribution in [-0.4, -0.2) is 33.7 Å². The number of esters is 2. The molecule has 92 valence electrons. The number of nitrogens with zero attached hydrogens (tertiary/aromatic N) is 1. The molecule has 0 amide bonds. The Balaban J connectivity index is 2.47. The molecule has 3 N–H and O–H groups in total. The Morgan fingerprint density at radius 3 is 2.76 bits per heavy atom. The molecule has 1 aromatic heterocycles. The van der Waals surface area contributed by atoms with Crippen molar-refractivity contribution >= 4 is 17.7 Å². The molecule has 0 aliphatic heterocycles. The topological polar surface area (TPSA) is 115 Å². The number of ketones is 1. The van der Waals surface area contributed by atoms with Gasteiger partial charge in [-0.2, -0.15) is 0 Å². The fourth-order valence-corrected chi connectivity index (χ4v) is 1.08. The molecule has 0 aromatic carbocycles. The van der Waals surface area contributed by atoms with Crippen LogP contribution in [0.15, 0.2) is 12.5 Å². The summed E-state index contributed by atoms with van der Waals surface area (Å²) in [5.74, 6) is -2.85. The minimum atomic E-state index is -1.17. The summed E-state index contributed by atoms with van der Waals surface area (Å²) in [6, 6.07) is -1.01. The summed E-state index contributed by atoms with van der Waals surface area (Å²) < 4.78 is 4.33. The molecule has 1 aromatic rings. The predicted octanol–water partition coefficient (Wildman–Crippen LogP) is -0.672. The lowest BCUT2D eigenvalue weighted by atomic mass is 10.2. The Morgan fingerprint density at radius 2 is 2.24 bits per heavy atom. The molecule has 17 heavy (non-hydrogen) atoms. The van der Waals surface area contributed by atoms with Gasteiger partial charge in [-0.15, -0.1) is 0 Å². The van der Waals surface area contributed by atoms with Gasteiger partial charge in [0.2, 0.25) is 5.78 Å². The standard InChI is InChI=1S/C10H13N3O4/c1-2-8(14)10(16)17-9(15)7(11)3-6-4-12-5-13-6/h4-5,7H,2-3,11H2,1H3,(H,12,13)/t7-/m0/s1. The quantitative estimate of drug-likeness (QED) is 0.400. The van der Waals surface area contributed by atoms with Gasteiger partial charge in [-0.1, -0.05) is 6.92 Å². The Hall–Kier alpha value is -2.02. The van der Waals surface area contributed by atoms with Crippen LogP contribution in [0, 0.1) is 0 Å². The van der Waals surface area contributed by atoms with E-state index >= 15 is 0 Å². The molecule has 0 aliphatic carbocycles. The van der Waals surface area contributed by atoms with Gasteiger partial charge in [0.1, 0.15) is 6.04 Å². The Kier molecular flexibility index (Phi) is 4.53. The van der Waals surface area contributed by atoms with Crippen LogP contribution in [0.25, 0.3) is 0 Å². The second-order valence-corrected chi connectivity index (χ2v) is 3.37. The first-order valence-electron chi connectivity index (χ1n) is 5.06. The first-order chi connectivity index (χ1) is 8.04. The van der Waals surface area contributed by atoms with Gasteiger partial charge in [-0.05, 0) is 0 Å². The summed E-state index contributed by atoms with van der Waals surface area (Å²) in [5, 5.41) is 0. The molecule has 0 saturated carbocycles. The summed E-state index contributed by atoms with van der Waals surface area (Å²) in [6.45, 7) is 1.50. The van der Waals surface area contributed by atoms with Gasteiger partial charge in [-0.25, -0.2) is 14.6 Å². The zero-order valence-electron chi connectivity index (χ0n) is 9.30. The monoisotopic (exact) mass is 239 g/mol. The third kappa shape index (κ3) is 3.80. The lowest BCUT2D eigenvalue weighted by molar-refractivity contribution is -0.164. The van der Waals surface area contributed by atoms with Crippen LogP contribution in [0.2, 0.25) is 0 Å². The van der Waals surface area contributed by atoms with Gasteiger partial charge >= 0.3 is 11.9 Å². The van der Waals surface area contributed by atoms with E-state index in [2.05, 4.69) is 14.7 Å². The van der Waals surface area contributed by atoms with Gasteiger partial charge in [0.25, 0.3) is 0 Å². The zero-order chi connectivity index (χ0) is 12.8. The smallest absolute Gasteiger partial charge is 0.382 e. The number of aromatic nitrogens is 2. The average molecular weight is 239 g/mol. The highest BCUT2D eigenvalue weighted by Crippen LogP contribution is 1.99. The van der Waals surface area contributed by atoms with Gasteiger partial charge in [0, 0.05) is 24.7 Å². The summed E-state index contributed by atoms with van der Waals surface area (Å²) in [6.07, 6.45) is 3.10. The Labute approximate surface area is 97.4 Å². The maximum absolute atomic E-state index is 11.3. The maximum atomic E-state index is 11.3. The van der Waals surface area contributed by atoms with Gasteiger partial charge in [0.05, 0.1) is 6.33 Å². The molecule has 7 nitrogen and oxygen atoms in total. The lowest BCUT2D eigenvalue weighted by Crippen LogP contribution is -2.37. The largest absolute Gasteiger partial charge is 0.386 e. The van der Waals surface area contributed by atoms with Gasteiger partial charge in [0.15, 0.2) is 0 Å². The van der Waals surface area contributed by atoms with Crippen molar-refractivity contribution in [2.24, 2.45) is 5.73 Å². The van der Waals surface area contributed by atoms with Crippen molar-refractivity contribution in [2.45, 2.75) is 25.8 Å². The highest BCUT2D eigenvalue weighted by atomic mass is 16.6. The molecule has 7 heteroatoms. The number of ether oxygens (including phenoxy) is 1. The lowest BCUT2D eigenvalue weighted by Gasteiger charge is -2.08. The van der Waals surface area contributed by atoms with Crippen molar-refractivity contribution in [3.63, 3.8) is 0 Å². The minimum Gasteiger partial charge on any atom is -0.386 e. The number of nitrogens with one attached hydrogen (secondary N) is 1. The summed E-state index contributed by atoms with van der Waals surface area (Å²) in [4.78, 5) is 39.8. The van der Waals surface area contributed by atoms with Gasteiger partial charge < -0.3 is 15.5 Å². The van der Waals surface area contributed by atoms with Crippen LogP contribution in [0.1, 0.15) is 19.0 Å². The number of hydrogen-bond donors (Lipinski definition) is 2. The van der Waals surface area contributed by atoms with E-state index < -0.39 is 23.8 Å². The molecule has 1 heterocycles. The molecule has 1 atom stereocenters. The number of aromatic amines is 1. The van der Waals surface area contributed by atoms with Crippen LogP contribution in [0.3, 0.4) is 0 Å². The van der Waals surface area contributed by atoms with Crippen molar-refractivity contribution in [1.29, 1.82) is 0 Å². The Morgan fingerprint density at radius 1 is 1.53 bits per heavy atom. The van der Waals surface area contributed by atoms with Gasteiger partial charge in [-0.3, -0.25) is 4.79 Å². The van der Waals surface area contributed by atoms with E-state index in [4.69, 9.17) is 5.73 Å². The molecule has 1 rings (SSSR count). The minimum absolute atomic E-state index is 0.0120. The normalized spacial score (nSPS) is 11.9. The van der Waals surface area contributed by atoms with Crippen molar-refractivity contribution < 1.29 is 19.1 Å². The number of Topliss-reactive ketones (excluding diaryl/α,β-unsaturated/α-hetero) is 1. The number of imidazole rings is 1. The van der Waals surface area contributed by atoms with Crippen LogP contribution in [0.4, 0.5) is 0 Å². The highest BCUT2D eigenvalue weighted by molar-refractivity contribution is 6.35. The van der Waals surface area contributed by atoms with E-state index in [1.54, 1.807) is 0 Å². The molecule has 0 spiro atoms. The first-order valence-corrected chi connectivity index (χ1v) is 5.06. The molecule has 0 radical (unpaired) electrons. The van der Waals surface area contributed by atoms with Crippen LogP contribution >= 0.6 is 0 Å². The van der Waals surface area contributed by atoms with Crippen molar-refractivity contribution in [2.75, 3.05) is 0 Å². The SMILES string of the molecule is CCC(=O)C(=O)OC(=O)[C@@H](N)Cc1cnc[nH]1. The predicted molar refractivity (Wildman–Crippen MR) is 56.7 cm³/mol. The highest BCUT2D eigenvalue weighted by Gasteiger charge is 2.22. The average Bonchev–Trinajstić information content (AvgIpc) is 2.80. The van der Waals surface area contributed by atoms with Crippen LogP contribution < -0.4 is 5.73 Å². The summed E-state index contributed by atoms with van der Waals surface area (Å²) >= 11 is 0. The molecule has 0 saturated heterocycles. The fourth-order valence-electron chi connectivity index (χ4n) is 1.08. The molecular weight excluding hydrogens is 226 g/mol. The number of carbonyl (C=O) groups is 3. The van der Waals surface area contributed by atoms with E-state index in [0.717, 1.165) is 0 Å². The van der Waals surface area contributed by atoms with Crippen molar-refractivity contribution in [3.8, 4) is 0 Å². The molecule has 0 unspecified atom stereocenters. The fraction of sp³-hybridized carbons (Fsp3) is 0.400. The van der Waals surface area contributed by atoms with E-state index in [0.29, 0.717) is 5.69 Å². The van der Waals surface area contributed by atoms with E-state index in [-0.39, 0.29) is 12.8 Å². The van der Waals surface area contributed by atoms with E-state index in [9.17, 15) is 14.4 Å². The third-order valence-corrected chi connectivity index (χ3v) is 2.04. The second kappa shape index (κ2) is 5.90. The van der Waals surface area contributed by atoms with Crippen molar-refractivity contribution in [1.82, 2.24) is 9.97 Å². The van der Waals surface area contributed by atoms with Crippen LogP contribution in [-0.2, 0) is 25.5 Å². The zero-order valence-corrected chi connectivity index (χ0v) is 9.30. The molecule has 0 fully saturated rings. The number of rotatable bonds is 5. The number of carbonyl (C=O) groups excluding carboxylic acids is 3. The number of H-pyrrole nitrogens is 1. The maximum Gasteiger partial charge on any atom is 0.382 e. The summed E-state index contributed by atoms with van der Waals surface area (Å²) in [7, 11) is 0. The van der Waals surface area contributed by atoms with E-state index in [1.165, 1.54) is 19.4 Å². The number of hydrogen-bond acceptors (Lipinski definition) is 6. The second-order valence-electron chi connectivity index (χ2n) is 3.37. The molecule has 0 bridgehead atoms. The number of nitrogens with two attached hydrogens (primary N) is 1. The molecule has 0 aliphatic rings. The van der Waals surface area contributed by atoms with Crippen LogP contribution in [0.5, 0.6) is 0 Å². The Bertz CT molecular complexity index is 413. The van der Waals surface area contributed by atoms with E-state index in [1.807, 2.05) is 0 Å². The third-order valence-electron chi connectivity index (χ3n) is 2.04. The molecular formula is C10H13N3O4. The summed E-state index contributed by atoms with van der Waals surface area (Å²) in [5.41, 5.74) is 6.15. The van der Waals surface area contributed by atoms with Crippen molar-refractivity contribution in [3.05, 3.63) is 18.2 Å².